The summed E-state index contributed by atoms with van der Waals surface area (Å²) in [5.74, 6) is -1.29. The van der Waals surface area contributed by atoms with Gasteiger partial charge in [0, 0.05) is 13.3 Å². The molecule has 2 aromatic rings. The minimum atomic E-state index is -0.562. The maximum Gasteiger partial charge on any atom is 0.312 e. The predicted molar refractivity (Wildman–Crippen MR) is 98.8 cm³/mol. The highest BCUT2D eigenvalue weighted by Gasteiger charge is 2.32. The van der Waals surface area contributed by atoms with Gasteiger partial charge >= 0.3 is 11.9 Å². The zero-order chi connectivity index (χ0) is 18.5. The number of hydrogen-bond donors (Lipinski definition) is 0. The van der Waals surface area contributed by atoms with Gasteiger partial charge in [0.1, 0.15) is 6.10 Å². The SMILES string of the molecule is COC(=O)C1Cc2ccc(cc2)CCc2ccc(cc2)CC1OC(C)=O. The molecular weight excluding hydrogens is 328 g/mol. The number of carbonyl (C=O) groups is 2. The Morgan fingerprint density at radius 2 is 1.27 bits per heavy atom. The van der Waals surface area contributed by atoms with E-state index in [4.69, 9.17) is 9.47 Å². The first-order valence-electron chi connectivity index (χ1n) is 8.96. The monoisotopic (exact) mass is 352 g/mol. The summed E-state index contributed by atoms with van der Waals surface area (Å²) in [6, 6.07) is 16.6. The fourth-order valence-electron chi connectivity index (χ4n) is 3.46. The van der Waals surface area contributed by atoms with Crippen molar-refractivity contribution in [2.75, 3.05) is 7.11 Å². The van der Waals surface area contributed by atoms with Crippen LogP contribution in [0.1, 0.15) is 29.2 Å². The molecule has 4 nitrogen and oxygen atoms in total. The van der Waals surface area contributed by atoms with E-state index in [9.17, 15) is 9.59 Å². The Morgan fingerprint density at radius 1 is 0.808 bits per heavy atom. The summed E-state index contributed by atoms with van der Waals surface area (Å²) in [5, 5.41) is 0. The number of benzene rings is 2. The lowest BCUT2D eigenvalue weighted by atomic mass is 9.88. The molecule has 2 aromatic carbocycles. The molecule has 2 unspecified atom stereocenters. The Morgan fingerprint density at radius 3 is 1.73 bits per heavy atom. The number of rotatable bonds is 2. The zero-order valence-electron chi connectivity index (χ0n) is 15.2. The molecule has 0 N–H and O–H groups in total. The van der Waals surface area contributed by atoms with Gasteiger partial charge in [-0.1, -0.05) is 48.5 Å². The lowest BCUT2D eigenvalue weighted by Gasteiger charge is -2.25. The maximum absolute atomic E-state index is 12.4. The molecule has 4 aliphatic carbocycles. The average Bonchev–Trinajstić information content (AvgIpc) is 2.65. The molecule has 26 heavy (non-hydrogen) atoms. The van der Waals surface area contributed by atoms with E-state index in [1.807, 2.05) is 24.3 Å². The number of esters is 2. The van der Waals surface area contributed by atoms with Gasteiger partial charge in [-0.25, -0.2) is 0 Å². The highest BCUT2D eigenvalue weighted by molar-refractivity contribution is 5.74. The molecule has 0 saturated carbocycles. The number of ether oxygens (including phenoxy) is 2. The maximum atomic E-state index is 12.4. The Labute approximate surface area is 154 Å². The molecule has 0 fully saturated rings. The number of methoxy groups -OCH3 is 1. The van der Waals surface area contributed by atoms with Crippen LogP contribution in [0.2, 0.25) is 0 Å². The molecular formula is C22H24O4. The molecule has 136 valence electrons. The van der Waals surface area contributed by atoms with Crippen molar-refractivity contribution in [2.24, 2.45) is 5.92 Å². The minimum absolute atomic E-state index is 0.357. The van der Waals surface area contributed by atoms with E-state index in [1.165, 1.54) is 25.2 Å². The molecule has 0 spiro atoms. The molecule has 4 heteroatoms. The fourth-order valence-corrected chi connectivity index (χ4v) is 3.46. The third-order valence-electron chi connectivity index (χ3n) is 4.91. The highest BCUT2D eigenvalue weighted by Crippen LogP contribution is 2.23. The second-order valence-corrected chi connectivity index (χ2v) is 6.82. The van der Waals surface area contributed by atoms with Gasteiger partial charge in [0.2, 0.25) is 0 Å². The Kier molecular flexibility index (Phi) is 5.71. The van der Waals surface area contributed by atoms with Gasteiger partial charge in [-0.2, -0.15) is 0 Å². The summed E-state index contributed by atoms with van der Waals surface area (Å²) in [5.41, 5.74) is 4.61. The summed E-state index contributed by atoms with van der Waals surface area (Å²) in [4.78, 5) is 24.1. The fraction of sp³-hybridized carbons (Fsp3) is 0.364. The molecule has 4 aliphatic rings. The first kappa shape index (κ1) is 18.2. The predicted octanol–water partition coefficient (Wildman–Crippen LogP) is 3.29. The van der Waals surface area contributed by atoms with Crippen molar-refractivity contribution in [1.82, 2.24) is 0 Å². The van der Waals surface area contributed by atoms with E-state index in [1.54, 1.807) is 0 Å². The third kappa shape index (κ3) is 4.51. The van der Waals surface area contributed by atoms with E-state index in [2.05, 4.69) is 24.3 Å². The van der Waals surface area contributed by atoms with Crippen molar-refractivity contribution in [2.45, 2.75) is 38.7 Å². The van der Waals surface area contributed by atoms with Crippen molar-refractivity contribution >= 4 is 11.9 Å². The molecule has 0 aromatic heterocycles. The van der Waals surface area contributed by atoms with Gasteiger partial charge in [0.15, 0.2) is 0 Å². The molecule has 6 rings (SSSR count). The highest BCUT2D eigenvalue weighted by atomic mass is 16.6. The van der Waals surface area contributed by atoms with Crippen molar-refractivity contribution < 1.29 is 19.1 Å². The van der Waals surface area contributed by atoms with Crippen LogP contribution in [-0.4, -0.2) is 25.2 Å². The van der Waals surface area contributed by atoms with Crippen LogP contribution in [0.5, 0.6) is 0 Å². The Balaban J connectivity index is 2.01. The van der Waals surface area contributed by atoms with Crippen LogP contribution in [-0.2, 0) is 44.7 Å². The second-order valence-electron chi connectivity index (χ2n) is 6.82. The lowest BCUT2D eigenvalue weighted by molar-refractivity contribution is -0.158. The van der Waals surface area contributed by atoms with Crippen LogP contribution in [0.4, 0.5) is 0 Å². The summed E-state index contributed by atoms with van der Waals surface area (Å²) in [7, 11) is 1.37. The molecule has 0 radical (unpaired) electrons. The minimum Gasteiger partial charge on any atom is -0.469 e. The Bertz CT molecular complexity index is 762. The van der Waals surface area contributed by atoms with E-state index < -0.39 is 18.0 Å². The molecule has 2 atom stereocenters. The molecule has 4 bridgehead atoms. The first-order chi connectivity index (χ1) is 12.5. The standard InChI is InChI=1S/C22H24O4/c1-15(23)26-21-14-19-11-7-17(8-12-19)4-3-16-5-9-18(10-6-16)13-20(21)22(24)25-2/h5-12,20-21H,3-4,13-14H2,1-2H3. The zero-order valence-corrected chi connectivity index (χ0v) is 15.2. The van der Waals surface area contributed by atoms with Gasteiger partial charge < -0.3 is 9.47 Å². The topological polar surface area (TPSA) is 52.6 Å². The van der Waals surface area contributed by atoms with Crippen LogP contribution in [0.25, 0.3) is 0 Å². The largest absolute Gasteiger partial charge is 0.469 e. The average molecular weight is 352 g/mol. The van der Waals surface area contributed by atoms with Gasteiger partial charge in [-0.3, -0.25) is 9.59 Å². The smallest absolute Gasteiger partial charge is 0.312 e. The summed E-state index contributed by atoms with van der Waals surface area (Å²) in [6.45, 7) is 1.37. The molecule has 0 amide bonds. The van der Waals surface area contributed by atoms with E-state index in [0.717, 1.165) is 24.0 Å². The summed E-state index contributed by atoms with van der Waals surface area (Å²) in [6.07, 6.45) is 2.36. The van der Waals surface area contributed by atoms with Crippen molar-refractivity contribution in [1.29, 1.82) is 0 Å². The number of aryl methyl sites for hydroxylation is 2. The van der Waals surface area contributed by atoms with Crippen LogP contribution < -0.4 is 0 Å². The summed E-state index contributed by atoms with van der Waals surface area (Å²) < 4.78 is 10.5. The van der Waals surface area contributed by atoms with E-state index >= 15 is 0 Å². The molecule has 0 saturated heterocycles. The van der Waals surface area contributed by atoms with Crippen molar-refractivity contribution in [3.05, 3.63) is 70.8 Å². The van der Waals surface area contributed by atoms with Crippen LogP contribution >= 0.6 is 0 Å². The molecule has 0 heterocycles. The van der Waals surface area contributed by atoms with Crippen LogP contribution in [0.3, 0.4) is 0 Å². The number of hydrogen-bond acceptors (Lipinski definition) is 4. The van der Waals surface area contributed by atoms with Crippen molar-refractivity contribution in [3.8, 4) is 0 Å². The lowest BCUT2D eigenvalue weighted by Crippen LogP contribution is -2.36. The third-order valence-corrected chi connectivity index (χ3v) is 4.91. The van der Waals surface area contributed by atoms with Crippen LogP contribution in [0.15, 0.2) is 48.5 Å². The molecule has 0 aliphatic heterocycles. The first-order valence-corrected chi connectivity index (χ1v) is 8.96. The second kappa shape index (κ2) is 8.17. The van der Waals surface area contributed by atoms with E-state index in [-0.39, 0.29) is 5.97 Å². The quantitative estimate of drug-likeness (QED) is 0.778. The number of carbonyl (C=O) groups excluding carboxylic acids is 2. The normalized spacial score (nSPS) is 19.6. The van der Waals surface area contributed by atoms with Crippen LogP contribution in [0, 0.1) is 5.92 Å². The Hall–Kier alpha value is -2.62. The van der Waals surface area contributed by atoms with Gasteiger partial charge in [-0.15, -0.1) is 0 Å². The van der Waals surface area contributed by atoms with Gasteiger partial charge in [0.25, 0.3) is 0 Å². The van der Waals surface area contributed by atoms with E-state index in [0.29, 0.717) is 12.8 Å². The van der Waals surface area contributed by atoms with Gasteiger partial charge in [-0.05, 0) is 41.5 Å². The van der Waals surface area contributed by atoms with Crippen molar-refractivity contribution in [3.63, 3.8) is 0 Å². The summed E-state index contributed by atoms with van der Waals surface area (Å²) >= 11 is 0. The van der Waals surface area contributed by atoms with Gasteiger partial charge in [0.05, 0.1) is 13.0 Å².